The maximum atomic E-state index is 14.9. The number of halogens is 1. The van der Waals surface area contributed by atoms with Gasteiger partial charge in [-0.3, -0.25) is 9.59 Å². The molecule has 4 nitrogen and oxygen atoms in total. The van der Waals surface area contributed by atoms with Crippen LogP contribution in [0, 0.1) is 0 Å². The minimum Gasteiger partial charge on any atom is -0.359 e. The smallest absolute Gasteiger partial charge is 0.252 e. The molecule has 2 N–H and O–H groups in total. The number of carbonyl (C=O) groups is 2. The fourth-order valence-corrected chi connectivity index (χ4v) is 5.66. The summed E-state index contributed by atoms with van der Waals surface area (Å²) in [6.45, 7) is 8.37. The van der Waals surface area contributed by atoms with Crippen LogP contribution in [0.5, 0.6) is 0 Å². The fraction of sp³-hybridized carbons (Fsp3) is 0.867. The van der Waals surface area contributed by atoms with Crippen molar-refractivity contribution in [1.29, 1.82) is 0 Å². The van der Waals surface area contributed by atoms with E-state index in [4.69, 9.17) is 0 Å². The van der Waals surface area contributed by atoms with E-state index in [1.54, 1.807) is 7.05 Å². The Bertz CT molecular complexity index is 328. The van der Waals surface area contributed by atoms with Crippen molar-refractivity contribution in [1.82, 2.24) is 10.6 Å². The largest absolute Gasteiger partial charge is 0.359 e. The van der Waals surface area contributed by atoms with Gasteiger partial charge in [0, 0.05) is 26.4 Å². The van der Waals surface area contributed by atoms with Gasteiger partial charge in [-0.25, -0.2) is 0 Å². The van der Waals surface area contributed by atoms with Gasteiger partial charge >= 0.3 is 0 Å². The highest BCUT2D eigenvalue weighted by atomic mass is 28.4. The average molecular weight is 319 g/mol. The number of hydrogen-bond donors (Lipinski definition) is 2. The minimum absolute atomic E-state index is 0.0510. The Balaban J connectivity index is 3.88. The molecule has 0 fully saturated rings. The molecule has 6 heteroatoms. The van der Waals surface area contributed by atoms with E-state index >= 15 is 0 Å². The van der Waals surface area contributed by atoms with Gasteiger partial charge < -0.3 is 14.7 Å². The van der Waals surface area contributed by atoms with Crippen molar-refractivity contribution < 1.29 is 13.7 Å². The molecule has 0 aromatic rings. The summed E-state index contributed by atoms with van der Waals surface area (Å²) in [7, 11) is -1.14. The molecule has 0 aliphatic rings. The van der Waals surface area contributed by atoms with Crippen molar-refractivity contribution in [2.24, 2.45) is 0 Å². The summed E-state index contributed by atoms with van der Waals surface area (Å²) in [6, 6.07) is 0.598. The molecule has 0 saturated heterocycles. The first-order valence-corrected chi connectivity index (χ1v) is 10.1. The SMILES string of the molecule is CNC(=O)CCCC(=O)NCCC[Si](F)(C(C)C)C(C)C. The normalized spacial score (nSPS) is 11.8. The van der Waals surface area contributed by atoms with Crippen LogP contribution in [-0.4, -0.2) is 33.8 Å². The average Bonchev–Trinajstić information content (AvgIpc) is 2.42. The van der Waals surface area contributed by atoms with Crippen molar-refractivity contribution in [3.63, 3.8) is 0 Å². The van der Waals surface area contributed by atoms with Crippen molar-refractivity contribution in [2.75, 3.05) is 13.6 Å². The van der Waals surface area contributed by atoms with Crippen LogP contribution in [-0.2, 0) is 9.59 Å². The second-order valence-electron chi connectivity index (χ2n) is 6.22. The van der Waals surface area contributed by atoms with Gasteiger partial charge in [0.2, 0.25) is 11.8 Å². The zero-order chi connectivity index (χ0) is 16.5. The molecule has 0 radical (unpaired) electrons. The molecule has 0 aromatic heterocycles. The van der Waals surface area contributed by atoms with Gasteiger partial charge in [0.15, 0.2) is 0 Å². The number of amides is 2. The van der Waals surface area contributed by atoms with E-state index in [-0.39, 0.29) is 22.9 Å². The summed E-state index contributed by atoms with van der Waals surface area (Å²) < 4.78 is 14.9. The summed E-state index contributed by atoms with van der Waals surface area (Å²) in [5.74, 6) is -0.107. The molecule has 0 aromatic carbocycles. The van der Waals surface area contributed by atoms with E-state index in [0.29, 0.717) is 38.3 Å². The molecular weight excluding hydrogens is 287 g/mol. The molecule has 0 saturated carbocycles. The molecule has 0 atom stereocenters. The molecule has 0 aliphatic heterocycles. The monoisotopic (exact) mass is 318 g/mol. The number of hydrogen-bond acceptors (Lipinski definition) is 2. The van der Waals surface area contributed by atoms with Gasteiger partial charge in [-0.1, -0.05) is 27.7 Å². The molecule has 0 spiro atoms. The van der Waals surface area contributed by atoms with Gasteiger partial charge in [-0.2, -0.15) is 0 Å². The van der Waals surface area contributed by atoms with Crippen LogP contribution >= 0.6 is 0 Å². The lowest BCUT2D eigenvalue weighted by Crippen LogP contribution is -2.37. The fourth-order valence-electron chi connectivity index (χ4n) is 2.45. The second kappa shape index (κ2) is 9.92. The highest BCUT2D eigenvalue weighted by Crippen LogP contribution is 2.37. The number of carbonyl (C=O) groups excluding carboxylic acids is 2. The Labute approximate surface area is 129 Å². The quantitative estimate of drug-likeness (QED) is 0.369. The minimum atomic E-state index is -2.73. The van der Waals surface area contributed by atoms with E-state index in [2.05, 4.69) is 10.6 Å². The predicted octanol–water partition coefficient (Wildman–Crippen LogP) is 3.14. The van der Waals surface area contributed by atoms with E-state index < -0.39 is 8.41 Å². The first kappa shape index (κ1) is 20.1. The van der Waals surface area contributed by atoms with Gasteiger partial charge in [-0.15, -0.1) is 0 Å². The zero-order valence-corrected chi connectivity index (χ0v) is 15.1. The Hall–Kier alpha value is -0.913. The standard InChI is InChI=1S/C15H31FN2O2Si/c1-12(2)21(16,13(3)4)11-7-10-18-15(20)9-6-8-14(19)17-5/h12-13H,6-11H2,1-5H3,(H,17,19)(H,18,20). The third kappa shape index (κ3) is 7.60. The maximum absolute atomic E-state index is 14.9. The molecule has 0 rings (SSSR count). The second-order valence-corrected chi connectivity index (χ2v) is 10.9. The Morgan fingerprint density at radius 3 is 2.00 bits per heavy atom. The van der Waals surface area contributed by atoms with Crippen LogP contribution in [0.4, 0.5) is 4.11 Å². The van der Waals surface area contributed by atoms with Crippen LogP contribution in [0.1, 0.15) is 53.4 Å². The molecule has 2 amide bonds. The lowest BCUT2D eigenvalue weighted by molar-refractivity contribution is -0.122. The van der Waals surface area contributed by atoms with Crippen molar-refractivity contribution >= 4 is 20.2 Å². The summed E-state index contributed by atoms with van der Waals surface area (Å²) in [4.78, 5) is 22.6. The van der Waals surface area contributed by atoms with Crippen LogP contribution in [0.25, 0.3) is 0 Å². The molecular formula is C15H31FN2O2Si. The molecule has 0 unspecified atom stereocenters. The molecule has 0 aliphatic carbocycles. The van der Waals surface area contributed by atoms with Gasteiger partial charge in [0.05, 0.1) is 0 Å². The lowest BCUT2D eigenvalue weighted by atomic mass is 10.2. The van der Waals surface area contributed by atoms with E-state index in [1.807, 2.05) is 27.7 Å². The van der Waals surface area contributed by atoms with Crippen molar-refractivity contribution in [2.45, 2.75) is 70.5 Å². The summed E-state index contributed by atoms with van der Waals surface area (Å²) >= 11 is 0. The number of nitrogens with one attached hydrogen (secondary N) is 2. The lowest BCUT2D eigenvalue weighted by Gasteiger charge is -2.30. The third-order valence-corrected chi connectivity index (χ3v) is 9.02. The molecule has 0 bridgehead atoms. The Kier molecular flexibility index (Phi) is 9.49. The van der Waals surface area contributed by atoms with Crippen molar-refractivity contribution in [3.8, 4) is 0 Å². The Morgan fingerprint density at radius 2 is 1.52 bits per heavy atom. The summed E-state index contributed by atoms with van der Waals surface area (Å²) in [5, 5.41) is 5.33. The van der Waals surface area contributed by atoms with Crippen molar-refractivity contribution in [3.05, 3.63) is 0 Å². The van der Waals surface area contributed by atoms with E-state index in [0.717, 1.165) is 0 Å². The van der Waals surface area contributed by atoms with Crippen LogP contribution in [0.15, 0.2) is 0 Å². The highest BCUT2D eigenvalue weighted by molar-refractivity contribution is 6.75. The zero-order valence-electron chi connectivity index (χ0n) is 14.1. The summed E-state index contributed by atoms with van der Waals surface area (Å²) in [5.41, 5.74) is 0.224. The van der Waals surface area contributed by atoms with Crippen LogP contribution < -0.4 is 10.6 Å². The van der Waals surface area contributed by atoms with Gasteiger partial charge in [0.1, 0.15) is 0 Å². The van der Waals surface area contributed by atoms with Gasteiger partial charge in [-0.05, 0) is 30.0 Å². The third-order valence-electron chi connectivity index (χ3n) is 4.07. The topological polar surface area (TPSA) is 58.2 Å². The molecule has 21 heavy (non-hydrogen) atoms. The predicted molar refractivity (Wildman–Crippen MR) is 87.4 cm³/mol. The molecule has 0 heterocycles. The van der Waals surface area contributed by atoms with Gasteiger partial charge in [0.25, 0.3) is 8.41 Å². The first-order chi connectivity index (χ1) is 9.74. The molecule has 124 valence electrons. The van der Waals surface area contributed by atoms with E-state index in [9.17, 15) is 13.7 Å². The van der Waals surface area contributed by atoms with E-state index in [1.165, 1.54) is 0 Å². The highest BCUT2D eigenvalue weighted by Gasteiger charge is 2.40. The maximum Gasteiger partial charge on any atom is 0.252 e. The van der Waals surface area contributed by atoms with Crippen LogP contribution in [0.3, 0.4) is 0 Å². The number of rotatable bonds is 10. The Morgan fingerprint density at radius 1 is 1.00 bits per heavy atom. The van der Waals surface area contributed by atoms with Crippen LogP contribution in [0.2, 0.25) is 17.1 Å². The first-order valence-electron chi connectivity index (χ1n) is 7.90. The summed E-state index contributed by atoms with van der Waals surface area (Å²) in [6.07, 6.45) is 1.96.